The van der Waals surface area contributed by atoms with Crippen LogP contribution in [0.4, 0.5) is 0 Å². The third kappa shape index (κ3) is 7.89. The highest BCUT2D eigenvalue weighted by molar-refractivity contribution is 5.79. The maximum atomic E-state index is 10.3. The molecule has 0 saturated carbocycles. The van der Waals surface area contributed by atoms with E-state index in [0.29, 0.717) is 6.61 Å². The Hall–Kier alpha value is -0.950. The Kier molecular flexibility index (Phi) is 9.31. The fourth-order valence-corrected chi connectivity index (χ4v) is 2.37. The van der Waals surface area contributed by atoms with Crippen LogP contribution in [0.1, 0.15) is 51.9 Å². The molecule has 0 aromatic carbocycles. The number of allylic oxidation sites excluding steroid dienone is 1. The van der Waals surface area contributed by atoms with Crippen molar-refractivity contribution in [3.63, 3.8) is 0 Å². The van der Waals surface area contributed by atoms with Crippen LogP contribution < -0.4 is 0 Å². The van der Waals surface area contributed by atoms with Gasteiger partial charge in [-0.05, 0) is 26.2 Å². The molecule has 0 aromatic heterocycles. The molecule has 6 nitrogen and oxygen atoms in total. The van der Waals surface area contributed by atoms with E-state index in [9.17, 15) is 15.0 Å². The molecule has 0 amide bonds. The van der Waals surface area contributed by atoms with Gasteiger partial charge in [-0.2, -0.15) is 0 Å². The largest absolute Gasteiger partial charge is 0.478 e. The lowest BCUT2D eigenvalue weighted by Crippen LogP contribution is -2.47. The summed E-state index contributed by atoms with van der Waals surface area (Å²) in [7, 11) is 0. The molecule has 1 aliphatic rings. The van der Waals surface area contributed by atoms with Gasteiger partial charge in [0.15, 0.2) is 6.29 Å². The van der Waals surface area contributed by atoms with Crippen molar-refractivity contribution in [2.45, 2.75) is 76.5 Å². The van der Waals surface area contributed by atoms with E-state index in [1.807, 2.05) is 0 Å². The van der Waals surface area contributed by atoms with Crippen molar-refractivity contribution in [3.8, 4) is 0 Å². The average molecular weight is 316 g/mol. The van der Waals surface area contributed by atoms with E-state index in [2.05, 4.69) is 0 Å². The SMILES string of the molecule is CC1OC(OCCCCCCCC=CC(=O)O)C(O)CC1O. The standard InChI is InChI=1S/C16H28O6/c1-12-13(17)11-14(18)16(22-12)21-10-8-6-4-2-3-5-7-9-15(19)20/h7,9,12-14,16-18H,2-6,8,10-11H2,1H3,(H,19,20). The van der Waals surface area contributed by atoms with E-state index in [1.165, 1.54) is 6.08 Å². The summed E-state index contributed by atoms with van der Waals surface area (Å²) in [5, 5.41) is 27.7. The molecule has 0 radical (unpaired) electrons. The Bertz CT molecular complexity index is 344. The Balaban J connectivity index is 1.96. The van der Waals surface area contributed by atoms with Crippen LogP contribution in [-0.4, -0.2) is 52.5 Å². The summed E-state index contributed by atoms with van der Waals surface area (Å²) in [6.45, 7) is 2.30. The topological polar surface area (TPSA) is 96.2 Å². The van der Waals surface area contributed by atoms with Crippen molar-refractivity contribution in [2.24, 2.45) is 0 Å². The number of hydrogen-bond donors (Lipinski definition) is 3. The van der Waals surface area contributed by atoms with Crippen molar-refractivity contribution in [1.82, 2.24) is 0 Å². The van der Waals surface area contributed by atoms with E-state index in [-0.39, 0.29) is 12.5 Å². The molecule has 4 atom stereocenters. The minimum atomic E-state index is -0.897. The van der Waals surface area contributed by atoms with Gasteiger partial charge in [0.05, 0.1) is 12.2 Å². The Morgan fingerprint density at radius 2 is 1.86 bits per heavy atom. The molecule has 1 heterocycles. The van der Waals surface area contributed by atoms with Gasteiger partial charge in [0.2, 0.25) is 0 Å². The molecule has 3 N–H and O–H groups in total. The number of hydrogen-bond acceptors (Lipinski definition) is 5. The third-order valence-corrected chi connectivity index (χ3v) is 3.75. The molecule has 0 spiro atoms. The first kappa shape index (κ1) is 19.1. The van der Waals surface area contributed by atoms with Gasteiger partial charge in [0.25, 0.3) is 0 Å². The zero-order valence-corrected chi connectivity index (χ0v) is 13.2. The first-order valence-corrected chi connectivity index (χ1v) is 8.03. The highest BCUT2D eigenvalue weighted by Gasteiger charge is 2.34. The molecular weight excluding hydrogens is 288 g/mol. The van der Waals surface area contributed by atoms with Crippen LogP contribution in [0, 0.1) is 0 Å². The number of aliphatic hydroxyl groups is 2. The van der Waals surface area contributed by atoms with Crippen LogP contribution in [0.3, 0.4) is 0 Å². The lowest BCUT2D eigenvalue weighted by Gasteiger charge is -2.35. The lowest BCUT2D eigenvalue weighted by molar-refractivity contribution is -0.261. The zero-order chi connectivity index (χ0) is 16.4. The number of ether oxygens (including phenoxy) is 2. The van der Waals surface area contributed by atoms with E-state index in [0.717, 1.165) is 38.5 Å². The van der Waals surface area contributed by atoms with E-state index < -0.39 is 24.5 Å². The van der Waals surface area contributed by atoms with E-state index in [4.69, 9.17) is 14.6 Å². The predicted octanol–water partition coefficient (Wildman–Crippen LogP) is 1.84. The van der Waals surface area contributed by atoms with Crippen LogP contribution in [-0.2, 0) is 14.3 Å². The zero-order valence-electron chi connectivity index (χ0n) is 13.2. The van der Waals surface area contributed by atoms with Gasteiger partial charge in [-0.15, -0.1) is 0 Å². The smallest absolute Gasteiger partial charge is 0.327 e. The van der Waals surface area contributed by atoms with Crippen molar-refractivity contribution in [2.75, 3.05) is 6.61 Å². The minimum Gasteiger partial charge on any atom is -0.478 e. The Morgan fingerprint density at radius 1 is 1.18 bits per heavy atom. The van der Waals surface area contributed by atoms with Gasteiger partial charge < -0.3 is 24.8 Å². The summed E-state index contributed by atoms with van der Waals surface area (Å²) in [4.78, 5) is 10.3. The minimum absolute atomic E-state index is 0.287. The van der Waals surface area contributed by atoms with Gasteiger partial charge in [-0.1, -0.05) is 25.3 Å². The Morgan fingerprint density at radius 3 is 2.59 bits per heavy atom. The quantitative estimate of drug-likeness (QED) is 0.420. The maximum absolute atomic E-state index is 10.3. The average Bonchev–Trinajstić information content (AvgIpc) is 2.45. The molecule has 6 heteroatoms. The summed E-state index contributed by atoms with van der Waals surface area (Å²) in [5.41, 5.74) is 0. The fourth-order valence-electron chi connectivity index (χ4n) is 2.37. The third-order valence-electron chi connectivity index (χ3n) is 3.75. The second-order valence-corrected chi connectivity index (χ2v) is 5.75. The molecule has 1 aliphatic heterocycles. The molecule has 22 heavy (non-hydrogen) atoms. The van der Waals surface area contributed by atoms with Crippen LogP contribution in [0.15, 0.2) is 12.2 Å². The molecule has 128 valence electrons. The number of unbranched alkanes of at least 4 members (excludes halogenated alkanes) is 5. The molecule has 4 unspecified atom stereocenters. The normalized spacial score (nSPS) is 29.0. The number of rotatable bonds is 10. The highest BCUT2D eigenvalue weighted by atomic mass is 16.7. The van der Waals surface area contributed by atoms with Crippen LogP contribution >= 0.6 is 0 Å². The van der Waals surface area contributed by atoms with Crippen molar-refractivity contribution >= 4 is 5.97 Å². The summed E-state index contributed by atoms with van der Waals surface area (Å²) in [5.74, 6) is -0.897. The Labute approximate surface area is 131 Å². The number of aliphatic carboxylic acids is 1. The van der Waals surface area contributed by atoms with Gasteiger partial charge >= 0.3 is 5.97 Å². The van der Waals surface area contributed by atoms with E-state index in [1.54, 1.807) is 13.0 Å². The summed E-state index contributed by atoms with van der Waals surface area (Å²) >= 11 is 0. The molecule has 0 aliphatic carbocycles. The summed E-state index contributed by atoms with van der Waals surface area (Å²) in [6.07, 6.45) is 6.65. The summed E-state index contributed by atoms with van der Waals surface area (Å²) < 4.78 is 10.9. The second kappa shape index (κ2) is 10.7. The number of carboxylic acids is 1. The predicted molar refractivity (Wildman–Crippen MR) is 81.4 cm³/mol. The van der Waals surface area contributed by atoms with Crippen molar-refractivity contribution < 1.29 is 29.6 Å². The summed E-state index contributed by atoms with van der Waals surface area (Å²) in [6, 6.07) is 0. The lowest BCUT2D eigenvalue weighted by atomic mass is 10.0. The monoisotopic (exact) mass is 316 g/mol. The molecule has 1 saturated heterocycles. The van der Waals surface area contributed by atoms with Crippen molar-refractivity contribution in [3.05, 3.63) is 12.2 Å². The van der Waals surface area contributed by atoms with Crippen LogP contribution in [0.25, 0.3) is 0 Å². The van der Waals surface area contributed by atoms with Crippen LogP contribution in [0.2, 0.25) is 0 Å². The molecular formula is C16H28O6. The number of aliphatic hydroxyl groups excluding tert-OH is 2. The first-order valence-electron chi connectivity index (χ1n) is 8.03. The maximum Gasteiger partial charge on any atom is 0.327 e. The molecule has 0 aromatic rings. The van der Waals surface area contributed by atoms with E-state index >= 15 is 0 Å². The second-order valence-electron chi connectivity index (χ2n) is 5.75. The number of carbonyl (C=O) groups is 1. The highest BCUT2D eigenvalue weighted by Crippen LogP contribution is 2.21. The van der Waals surface area contributed by atoms with Gasteiger partial charge in [-0.3, -0.25) is 0 Å². The van der Waals surface area contributed by atoms with Gasteiger partial charge in [0.1, 0.15) is 6.10 Å². The fraction of sp³-hybridized carbons (Fsp3) is 0.812. The van der Waals surface area contributed by atoms with Crippen LogP contribution in [0.5, 0.6) is 0 Å². The van der Waals surface area contributed by atoms with Crippen molar-refractivity contribution in [1.29, 1.82) is 0 Å². The molecule has 1 fully saturated rings. The van der Waals surface area contributed by atoms with Gasteiger partial charge in [0, 0.05) is 19.1 Å². The van der Waals surface area contributed by atoms with Gasteiger partial charge in [-0.25, -0.2) is 4.79 Å². The molecule has 0 bridgehead atoms. The molecule has 1 rings (SSSR count). The number of carboxylic acid groups (broad SMARTS) is 1. The first-order chi connectivity index (χ1) is 10.5.